The zero-order valence-corrected chi connectivity index (χ0v) is 12.6. The fourth-order valence-corrected chi connectivity index (χ4v) is 3.07. The molecular weight excluding hydrogens is 302 g/mol. The largest absolute Gasteiger partial charge is 0.443 e. The van der Waals surface area contributed by atoms with Crippen molar-refractivity contribution in [2.75, 3.05) is 5.32 Å². The Kier molecular flexibility index (Phi) is 2.73. The van der Waals surface area contributed by atoms with Gasteiger partial charge in [-0.25, -0.2) is 9.50 Å². The molecule has 0 aliphatic carbocycles. The molecule has 0 bridgehead atoms. The number of oxazole rings is 1. The number of aryl methyl sites for hydroxylation is 2. The van der Waals surface area contributed by atoms with Gasteiger partial charge in [0.25, 0.3) is 11.9 Å². The zero-order valence-electron chi connectivity index (χ0n) is 11.8. The molecule has 7 nitrogen and oxygen atoms in total. The minimum atomic E-state index is -0.280. The number of rotatable bonds is 2. The Labute approximate surface area is 128 Å². The van der Waals surface area contributed by atoms with E-state index in [1.165, 1.54) is 6.39 Å². The minimum Gasteiger partial charge on any atom is -0.443 e. The molecule has 0 aliphatic heterocycles. The lowest BCUT2D eigenvalue weighted by Gasteiger charge is -2.00. The fraction of sp³-hybridized carbons (Fsp3) is 0.143. The van der Waals surface area contributed by atoms with E-state index in [0.717, 1.165) is 15.5 Å². The Morgan fingerprint density at radius 2 is 2.23 bits per heavy atom. The van der Waals surface area contributed by atoms with Gasteiger partial charge >= 0.3 is 0 Å². The van der Waals surface area contributed by atoms with E-state index >= 15 is 0 Å². The van der Waals surface area contributed by atoms with Crippen molar-refractivity contribution in [3.63, 3.8) is 0 Å². The average molecular weight is 313 g/mol. The summed E-state index contributed by atoms with van der Waals surface area (Å²) in [5, 5.41) is 7.00. The summed E-state index contributed by atoms with van der Waals surface area (Å²) in [6, 6.07) is 5.06. The number of nitrogens with one attached hydrogen (secondary N) is 1. The molecule has 0 spiro atoms. The lowest BCUT2D eigenvalue weighted by molar-refractivity contribution is 0.102. The number of nitrogens with zero attached hydrogens (tertiary/aromatic N) is 4. The third-order valence-corrected chi connectivity index (χ3v) is 4.52. The predicted octanol–water partition coefficient (Wildman–Crippen LogP) is 2.80. The first-order chi connectivity index (χ1) is 10.6. The second kappa shape index (κ2) is 4.63. The maximum absolute atomic E-state index is 12.3. The van der Waals surface area contributed by atoms with Crippen molar-refractivity contribution >= 4 is 39.3 Å². The van der Waals surface area contributed by atoms with Crippen molar-refractivity contribution in [3.8, 4) is 0 Å². The summed E-state index contributed by atoms with van der Waals surface area (Å²) in [5.41, 5.74) is 2.78. The molecule has 0 saturated carbocycles. The van der Waals surface area contributed by atoms with Gasteiger partial charge in [0, 0.05) is 10.4 Å². The van der Waals surface area contributed by atoms with E-state index in [9.17, 15) is 4.79 Å². The third-order valence-electron chi connectivity index (χ3n) is 3.47. The number of hydrogen-bond acceptors (Lipinski definition) is 6. The fourth-order valence-electron chi connectivity index (χ4n) is 2.17. The number of fused-ring (bicyclic) bond motifs is 2. The molecule has 110 valence electrons. The van der Waals surface area contributed by atoms with Crippen LogP contribution in [-0.2, 0) is 0 Å². The van der Waals surface area contributed by atoms with Gasteiger partial charge in [0.15, 0.2) is 12.0 Å². The maximum Gasteiger partial charge on any atom is 0.258 e. The predicted molar refractivity (Wildman–Crippen MR) is 82.3 cm³/mol. The number of amides is 1. The summed E-state index contributed by atoms with van der Waals surface area (Å²) in [6.07, 6.45) is 1.35. The van der Waals surface area contributed by atoms with Crippen molar-refractivity contribution in [2.45, 2.75) is 13.8 Å². The molecule has 3 heterocycles. The molecule has 4 rings (SSSR count). The quantitative estimate of drug-likeness (QED) is 0.615. The Morgan fingerprint density at radius 1 is 1.36 bits per heavy atom. The van der Waals surface area contributed by atoms with Gasteiger partial charge in [0.1, 0.15) is 5.52 Å². The van der Waals surface area contributed by atoms with Crippen LogP contribution < -0.4 is 5.32 Å². The zero-order chi connectivity index (χ0) is 15.3. The number of aromatic nitrogens is 4. The van der Waals surface area contributed by atoms with Gasteiger partial charge in [-0.2, -0.15) is 4.98 Å². The van der Waals surface area contributed by atoms with Crippen molar-refractivity contribution in [1.29, 1.82) is 0 Å². The number of anilines is 1. The molecule has 1 amide bonds. The molecule has 0 saturated heterocycles. The van der Waals surface area contributed by atoms with E-state index < -0.39 is 0 Å². The number of thiazole rings is 1. The van der Waals surface area contributed by atoms with Crippen LogP contribution in [0.1, 0.15) is 20.9 Å². The molecule has 3 aromatic heterocycles. The lowest BCUT2D eigenvalue weighted by atomic mass is 10.2. The highest BCUT2D eigenvalue weighted by molar-refractivity contribution is 7.17. The summed E-state index contributed by atoms with van der Waals surface area (Å²) in [6.45, 7) is 3.99. The van der Waals surface area contributed by atoms with Crippen LogP contribution in [0.25, 0.3) is 16.1 Å². The molecule has 1 N–H and O–H groups in total. The first-order valence-electron chi connectivity index (χ1n) is 6.59. The van der Waals surface area contributed by atoms with Crippen LogP contribution in [0.15, 0.2) is 29.0 Å². The summed E-state index contributed by atoms with van der Waals surface area (Å²) < 4.78 is 6.89. The number of carbonyl (C=O) groups excluding carboxylic acids is 1. The normalized spacial score (nSPS) is 11.4. The minimum absolute atomic E-state index is 0.280. The van der Waals surface area contributed by atoms with Crippen LogP contribution in [-0.4, -0.2) is 25.5 Å². The number of benzene rings is 1. The summed E-state index contributed by atoms with van der Waals surface area (Å²) in [4.78, 5) is 22.5. The molecular formula is C14H11N5O2S. The monoisotopic (exact) mass is 313 g/mol. The van der Waals surface area contributed by atoms with Gasteiger partial charge in [-0.05, 0) is 32.0 Å². The lowest BCUT2D eigenvalue weighted by Crippen LogP contribution is -2.13. The third kappa shape index (κ3) is 1.96. The van der Waals surface area contributed by atoms with Crippen molar-refractivity contribution < 1.29 is 9.21 Å². The van der Waals surface area contributed by atoms with Crippen molar-refractivity contribution in [1.82, 2.24) is 19.6 Å². The molecule has 0 radical (unpaired) electrons. The van der Waals surface area contributed by atoms with Gasteiger partial charge < -0.3 is 4.42 Å². The highest BCUT2D eigenvalue weighted by atomic mass is 32.1. The molecule has 0 fully saturated rings. The van der Waals surface area contributed by atoms with Crippen LogP contribution in [0.5, 0.6) is 0 Å². The standard InChI is InChI=1S/C14H11N5O2S/c1-7-8(2)22-14-17-13(18-19(7)14)16-12(20)9-3-4-11-10(5-9)15-6-21-11/h3-6H,1-2H3,(H,16,18,20). The smallest absolute Gasteiger partial charge is 0.258 e. The van der Waals surface area contributed by atoms with Crippen LogP contribution in [0, 0.1) is 13.8 Å². The number of hydrogen-bond donors (Lipinski definition) is 1. The second-order valence-corrected chi connectivity index (χ2v) is 6.04. The van der Waals surface area contributed by atoms with E-state index in [-0.39, 0.29) is 5.91 Å². The summed E-state index contributed by atoms with van der Waals surface area (Å²) >= 11 is 1.54. The highest BCUT2D eigenvalue weighted by Gasteiger charge is 2.14. The summed E-state index contributed by atoms with van der Waals surface area (Å²) in [5.74, 6) is 0.0112. The molecule has 0 atom stereocenters. The van der Waals surface area contributed by atoms with E-state index in [1.54, 1.807) is 34.1 Å². The van der Waals surface area contributed by atoms with E-state index in [1.807, 2.05) is 13.8 Å². The Bertz CT molecular complexity index is 1010. The van der Waals surface area contributed by atoms with Crippen LogP contribution >= 0.6 is 11.3 Å². The molecule has 22 heavy (non-hydrogen) atoms. The number of carbonyl (C=O) groups is 1. The molecule has 1 aromatic carbocycles. The molecule has 0 unspecified atom stereocenters. The molecule has 0 aliphatic rings. The van der Waals surface area contributed by atoms with E-state index in [0.29, 0.717) is 22.6 Å². The van der Waals surface area contributed by atoms with Gasteiger partial charge in [0.05, 0.1) is 5.69 Å². The highest BCUT2D eigenvalue weighted by Crippen LogP contribution is 2.21. The van der Waals surface area contributed by atoms with Gasteiger partial charge in [-0.1, -0.05) is 11.3 Å². The van der Waals surface area contributed by atoms with Crippen molar-refractivity contribution in [3.05, 3.63) is 40.7 Å². The maximum atomic E-state index is 12.3. The average Bonchev–Trinajstić information content (AvgIpc) is 3.17. The first kappa shape index (κ1) is 13.0. The van der Waals surface area contributed by atoms with Gasteiger partial charge in [-0.15, -0.1) is 5.10 Å². The summed E-state index contributed by atoms with van der Waals surface area (Å²) in [7, 11) is 0. The topological polar surface area (TPSA) is 85.3 Å². The Morgan fingerprint density at radius 3 is 3.05 bits per heavy atom. The Balaban J connectivity index is 1.64. The van der Waals surface area contributed by atoms with E-state index in [2.05, 4.69) is 20.4 Å². The molecule has 8 heteroatoms. The Hall–Kier alpha value is -2.74. The second-order valence-electron chi connectivity index (χ2n) is 4.86. The van der Waals surface area contributed by atoms with Gasteiger partial charge in [0.2, 0.25) is 4.96 Å². The van der Waals surface area contributed by atoms with Crippen LogP contribution in [0.3, 0.4) is 0 Å². The first-order valence-corrected chi connectivity index (χ1v) is 7.41. The van der Waals surface area contributed by atoms with Crippen LogP contribution in [0.2, 0.25) is 0 Å². The van der Waals surface area contributed by atoms with E-state index in [4.69, 9.17) is 4.42 Å². The van der Waals surface area contributed by atoms with Crippen LogP contribution in [0.4, 0.5) is 5.95 Å². The molecule has 4 aromatic rings. The van der Waals surface area contributed by atoms with Gasteiger partial charge in [-0.3, -0.25) is 10.1 Å². The van der Waals surface area contributed by atoms with Crippen molar-refractivity contribution in [2.24, 2.45) is 0 Å². The SMILES string of the molecule is Cc1sc2nc(NC(=O)c3ccc4ocnc4c3)nn2c1C.